The van der Waals surface area contributed by atoms with Crippen LogP contribution in [0.15, 0.2) is 18.3 Å². The first-order valence-electron chi connectivity index (χ1n) is 13.3. The standard InChI is InChI=1S/C27H45N3O5/c1-3-4-5-6-7-8-9-10-11-12-13-14-15-17-23(31)19-21-34-27(33)30(2)26-24(18-16-20-29-26)35-25(32)22-28/h16,18,20H,3-15,17,19,21-22,28H2,1-2H3. The predicted octanol–water partition coefficient (Wildman–Crippen LogP) is 5.96. The van der Waals surface area contributed by atoms with E-state index in [1.165, 1.54) is 89.9 Å². The SMILES string of the molecule is CCCCCCCCCCCCCCCC(=O)CCOC(=O)N(C)c1ncccc1OC(=O)CN. The molecule has 0 radical (unpaired) electrons. The number of esters is 1. The van der Waals surface area contributed by atoms with Crippen molar-refractivity contribution >= 4 is 23.7 Å². The molecule has 8 heteroatoms. The van der Waals surface area contributed by atoms with E-state index in [1.54, 1.807) is 6.07 Å². The van der Waals surface area contributed by atoms with Crippen LogP contribution in [0.1, 0.15) is 103 Å². The second-order valence-electron chi connectivity index (χ2n) is 8.96. The summed E-state index contributed by atoms with van der Waals surface area (Å²) in [5.74, 6) is -0.294. The average molecular weight is 492 g/mol. The van der Waals surface area contributed by atoms with Gasteiger partial charge in [0, 0.05) is 26.1 Å². The molecule has 0 aromatic carbocycles. The van der Waals surface area contributed by atoms with Gasteiger partial charge in [-0.05, 0) is 18.6 Å². The van der Waals surface area contributed by atoms with Crippen LogP contribution in [0, 0.1) is 0 Å². The van der Waals surface area contributed by atoms with Crippen molar-refractivity contribution in [3.8, 4) is 5.75 Å². The summed E-state index contributed by atoms with van der Waals surface area (Å²) in [5.41, 5.74) is 5.26. The van der Waals surface area contributed by atoms with Crippen LogP contribution < -0.4 is 15.4 Å². The van der Waals surface area contributed by atoms with Gasteiger partial charge in [0.2, 0.25) is 0 Å². The summed E-state index contributed by atoms with van der Waals surface area (Å²) in [6.45, 7) is 1.97. The predicted molar refractivity (Wildman–Crippen MR) is 139 cm³/mol. The maximum Gasteiger partial charge on any atom is 0.415 e. The third-order valence-corrected chi connectivity index (χ3v) is 5.90. The van der Waals surface area contributed by atoms with Crippen LogP contribution in [0.3, 0.4) is 0 Å². The molecule has 1 aromatic rings. The number of rotatable bonds is 20. The van der Waals surface area contributed by atoms with E-state index in [9.17, 15) is 14.4 Å². The van der Waals surface area contributed by atoms with Gasteiger partial charge in [0.05, 0.1) is 6.54 Å². The molecular weight excluding hydrogens is 446 g/mol. The highest BCUT2D eigenvalue weighted by Crippen LogP contribution is 2.25. The fourth-order valence-corrected chi connectivity index (χ4v) is 3.78. The number of anilines is 1. The number of ketones is 1. The van der Waals surface area contributed by atoms with Crippen LogP contribution in [0.2, 0.25) is 0 Å². The third-order valence-electron chi connectivity index (χ3n) is 5.90. The second kappa shape index (κ2) is 19.8. The van der Waals surface area contributed by atoms with Crippen LogP contribution >= 0.6 is 0 Å². The van der Waals surface area contributed by atoms with Gasteiger partial charge >= 0.3 is 12.1 Å². The second-order valence-corrected chi connectivity index (χ2v) is 8.96. The number of amides is 1. The molecule has 35 heavy (non-hydrogen) atoms. The number of ether oxygens (including phenoxy) is 2. The molecule has 0 saturated heterocycles. The van der Waals surface area contributed by atoms with Crippen LogP contribution in [-0.4, -0.2) is 43.0 Å². The minimum atomic E-state index is -0.678. The number of nitrogens with two attached hydrogens (primary N) is 1. The van der Waals surface area contributed by atoms with Crippen molar-refractivity contribution in [1.82, 2.24) is 4.98 Å². The number of Topliss-reactive ketones (excluding diaryl/α,β-unsaturated/α-hetero) is 1. The minimum Gasteiger partial charge on any atom is -0.449 e. The Balaban J connectivity index is 2.09. The Kier molecular flexibility index (Phi) is 17.3. The molecule has 0 unspecified atom stereocenters. The van der Waals surface area contributed by atoms with Crippen LogP contribution in [-0.2, 0) is 14.3 Å². The maximum atomic E-state index is 12.3. The Morgan fingerprint density at radius 2 is 1.46 bits per heavy atom. The van der Waals surface area contributed by atoms with E-state index in [-0.39, 0.29) is 36.9 Å². The largest absolute Gasteiger partial charge is 0.449 e. The average Bonchev–Trinajstić information content (AvgIpc) is 2.86. The van der Waals surface area contributed by atoms with E-state index in [4.69, 9.17) is 15.2 Å². The van der Waals surface area contributed by atoms with E-state index < -0.39 is 12.1 Å². The Morgan fingerprint density at radius 1 is 0.886 bits per heavy atom. The molecule has 198 valence electrons. The monoisotopic (exact) mass is 491 g/mol. The summed E-state index contributed by atoms with van der Waals surface area (Å²) in [4.78, 5) is 41.1. The number of pyridine rings is 1. The first-order valence-corrected chi connectivity index (χ1v) is 13.3. The van der Waals surface area contributed by atoms with Gasteiger partial charge in [0.15, 0.2) is 11.6 Å². The molecule has 0 saturated carbocycles. The first-order chi connectivity index (χ1) is 17.0. The van der Waals surface area contributed by atoms with Gasteiger partial charge in [-0.1, -0.05) is 84.0 Å². The number of unbranched alkanes of at least 4 members (excludes halogenated alkanes) is 12. The number of carbonyl (C=O) groups excluding carboxylic acids is 3. The highest BCUT2D eigenvalue weighted by Gasteiger charge is 2.19. The molecule has 0 fully saturated rings. The molecule has 1 rings (SSSR count). The molecule has 0 atom stereocenters. The molecule has 0 aliphatic carbocycles. The summed E-state index contributed by atoms with van der Waals surface area (Å²) >= 11 is 0. The van der Waals surface area contributed by atoms with E-state index in [1.807, 2.05) is 0 Å². The Labute approximate surface area is 210 Å². The van der Waals surface area contributed by atoms with E-state index in [0.717, 1.165) is 17.7 Å². The Hall–Kier alpha value is -2.48. The molecule has 2 N–H and O–H groups in total. The van der Waals surface area contributed by atoms with Gasteiger partial charge in [0.1, 0.15) is 12.4 Å². The molecule has 8 nitrogen and oxygen atoms in total. The van der Waals surface area contributed by atoms with Crippen LogP contribution in [0.25, 0.3) is 0 Å². The van der Waals surface area contributed by atoms with E-state index in [0.29, 0.717) is 6.42 Å². The molecule has 1 amide bonds. The quantitative estimate of drug-likeness (QED) is 0.177. The lowest BCUT2D eigenvalue weighted by molar-refractivity contribution is -0.132. The topological polar surface area (TPSA) is 112 Å². The highest BCUT2D eigenvalue weighted by molar-refractivity contribution is 5.88. The lowest BCUT2D eigenvalue weighted by Gasteiger charge is -2.18. The minimum absolute atomic E-state index is 0.00516. The number of aromatic nitrogens is 1. The summed E-state index contributed by atoms with van der Waals surface area (Å²) in [5, 5.41) is 0. The molecule has 0 bridgehead atoms. The molecule has 1 heterocycles. The van der Waals surface area contributed by atoms with Crippen molar-refractivity contribution in [3.05, 3.63) is 18.3 Å². The van der Waals surface area contributed by atoms with Crippen molar-refractivity contribution in [3.63, 3.8) is 0 Å². The fourth-order valence-electron chi connectivity index (χ4n) is 3.78. The molecule has 0 spiro atoms. The molecule has 1 aromatic heterocycles. The first kappa shape index (κ1) is 30.6. The van der Waals surface area contributed by atoms with Gasteiger partial charge < -0.3 is 15.2 Å². The molecule has 0 aliphatic rings. The summed E-state index contributed by atoms with van der Waals surface area (Å²) < 4.78 is 10.3. The zero-order chi connectivity index (χ0) is 25.7. The molecular formula is C27H45N3O5. The van der Waals surface area contributed by atoms with Gasteiger partial charge in [0.25, 0.3) is 0 Å². The number of hydrogen-bond donors (Lipinski definition) is 1. The lowest BCUT2D eigenvalue weighted by Crippen LogP contribution is -2.30. The van der Waals surface area contributed by atoms with Crippen molar-refractivity contribution in [2.24, 2.45) is 5.73 Å². The molecule has 0 aliphatic heterocycles. The third kappa shape index (κ3) is 14.5. The van der Waals surface area contributed by atoms with Crippen molar-refractivity contribution in [1.29, 1.82) is 0 Å². The van der Waals surface area contributed by atoms with Crippen LogP contribution in [0.4, 0.5) is 10.6 Å². The highest BCUT2D eigenvalue weighted by atomic mass is 16.6. The van der Waals surface area contributed by atoms with E-state index in [2.05, 4.69) is 11.9 Å². The maximum absolute atomic E-state index is 12.3. The number of nitrogens with zero attached hydrogens (tertiary/aromatic N) is 2. The van der Waals surface area contributed by atoms with Crippen molar-refractivity contribution in [2.75, 3.05) is 25.1 Å². The normalized spacial score (nSPS) is 10.7. The van der Waals surface area contributed by atoms with E-state index >= 15 is 0 Å². The summed E-state index contributed by atoms with van der Waals surface area (Å²) in [6, 6.07) is 3.09. The van der Waals surface area contributed by atoms with Gasteiger partial charge in [-0.25, -0.2) is 9.78 Å². The number of carbonyl (C=O) groups is 3. The zero-order valence-electron chi connectivity index (χ0n) is 21.8. The van der Waals surface area contributed by atoms with Gasteiger partial charge in [-0.3, -0.25) is 14.5 Å². The fraction of sp³-hybridized carbons (Fsp3) is 0.704. The Morgan fingerprint density at radius 3 is 2.03 bits per heavy atom. The zero-order valence-corrected chi connectivity index (χ0v) is 21.8. The van der Waals surface area contributed by atoms with Crippen molar-refractivity contribution < 1.29 is 23.9 Å². The lowest BCUT2D eigenvalue weighted by atomic mass is 10.0. The Bertz CT molecular complexity index is 741. The smallest absolute Gasteiger partial charge is 0.415 e. The summed E-state index contributed by atoms with van der Waals surface area (Å²) in [7, 11) is 1.46. The van der Waals surface area contributed by atoms with Gasteiger partial charge in [-0.15, -0.1) is 0 Å². The van der Waals surface area contributed by atoms with Crippen molar-refractivity contribution in [2.45, 2.75) is 103 Å². The number of hydrogen-bond acceptors (Lipinski definition) is 7. The van der Waals surface area contributed by atoms with Gasteiger partial charge in [-0.2, -0.15) is 0 Å². The van der Waals surface area contributed by atoms with Crippen LogP contribution in [0.5, 0.6) is 5.75 Å². The summed E-state index contributed by atoms with van der Waals surface area (Å²) in [6.07, 6.45) is 18.0.